The van der Waals surface area contributed by atoms with Crippen LogP contribution < -0.4 is 15.5 Å². The van der Waals surface area contributed by atoms with Crippen LogP contribution >= 0.6 is 23.2 Å². The molecule has 0 atom stereocenters. The van der Waals surface area contributed by atoms with Gasteiger partial charge in [-0.2, -0.15) is 0 Å². The van der Waals surface area contributed by atoms with E-state index in [1.165, 1.54) is 0 Å². The van der Waals surface area contributed by atoms with Crippen LogP contribution in [0.4, 0.5) is 22.7 Å². The summed E-state index contributed by atoms with van der Waals surface area (Å²) >= 11 is 12.7. The van der Waals surface area contributed by atoms with Gasteiger partial charge in [-0.1, -0.05) is 65.7 Å². The predicted molar refractivity (Wildman–Crippen MR) is 138 cm³/mol. The molecular formula is C27H19Cl2N3O2. The number of hydrogen-bond acceptors (Lipinski definition) is 3. The Bertz CT molecular complexity index is 1370. The Morgan fingerprint density at radius 1 is 0.765 bits per heavy atom. The van der Waals surface area contributed by atoms with E-state index in [2.05, 4.69) is 10.6 Å². The molecule has 1 aliphatic heterocycles. The van der Waals surface area contributed by atoms with Gasteiger partial charge in [0, 0.05) is 12.2 Å². The number of fused-ring (bicyclic) bond motifs is 2. The first-order valence-electron chi connectivity index (χ1n) is 10.6. The molecule has 0 fully saturated rings. The number of para-hydroxylation sites is 3. The minimum atomic E-state index is -0.359. The summed E-state index contributed by atoms with van der Waals surface area (Å²) in [7, 11) is 0. The van der Waals surface area contributed by atoms with E-state index in [1.54, 1.807) is 47.4 Å². The van der Waals surface area contributed by atoms with E-state index < -0.39 is 0 Å². The molecule has 2 amide bonds. The Hall–Kier alpha value is -3.80. The smallest absolute Gasteiger partial charge is 0.264 e. The van der Waals surface area contributed by atoms with Crippen molar-refractivity contribution >= 4 is 57.8 Å². The quantitative estimate of drug-likeness (QED) is 0.322. The van der Waals surface area contributed by atoms with E-state index in [0.29, 0.717) is 28.4 Å². The van der Waals surface area contributed by atoms with Gasteiger partial charge in [0.2, 0.25) is 0 Å². The number of benzene rings is 4. The number of rotatable bonds is 3. The average molecular weight is 488 g/mol. The second-order valence-electron chi connectivity index (χ2n) is 7.77. The molecule has 0 saturated carbocycles. The van der Waals surface area contributed by atoms with Crippen LogP contribution in [0.3, 0.4) is 0 Å². The van der Waals surface area contributed by atoms with Crippen molar-refractivity contribution in [1.82, 2.24) is 0 Å². The van der Waals surface area contributed by atoms with Gasteiger partial charge in [-0.25, -0.2) is 0 Å². The largest absolute Gasteiger partial charge is 0.379 e. The third-order valence-electron chi connectivity index (χ3n) is 5.63. The summed E-state index contributed by atoms with van der Waals surface area (Å²) in [6.07, 6.45) is 0. The lowest BCUT2D eigenvalue weighted by molar-refractivity contribution is 0.0997. The van der Waals surface area contributed by atoms with Crippen LogP contribution in [0.5, 0.6) is 0 Å². The molecule has 5 rings (SSSR count). The molecule has 7 heteroatoms. The second kappa shape index (κ2) is 9.21. The Kier molecular flexibility index (Phi) is 5.97. The highest BCUT2D eigenvalue weighted by Crippen LogP contribution is 2.39. The minimum absolute atomic E-state index is 0.231. The molecule has 0 aliphatic carbocycles. The maximum atomic E-state index is 13.8. The number of halogens is 2. The zero-order chi connectivity index (χ0) is 23.7. The first kappa shape index (κ1) is 22.0. The van der Waals surface area contributed by atoms with Gasteiger partial charge in [0.05, 0.1) is 38.2 Å². The van der Waals surface area contributed by atoms with E-state index >= 15 is 0 Å². The molecule has 4 aromatic carbocycles. The molecule has 4 aromatic rings. The van der Waals surface area contributed by atoms with Crippen molar-refractivity contribution in [2.24, 2.45) is 0 Å². The summed E-state index contributed by atoms with van der Waals surface area (Å²) in [5.74, 6) is -0.625. The average Bonchev–Trinajstić information content (AvgIpc) is 3.01. The van der Waals surface area contributed by atoms with Gasteiger partial charge in [-0.3, -0.25) is 14.5 Å². The van der Waals surface area contributed by atoms with E-state index in [-0.39, 0.29) is 16.8 Å². The summed E-state index contributed by atoms with van der Waals surface area (Å²) in [6.45, 7) is 0.595. The van der Waals surface area contributed by atoms with Gasteiger partial charge in [-0.15, -0.1) is 0 Å². The molecule has 0 unspecified atom stereocenters. The van der Waals surface area contributed by atoms with Crippen LogP contribution in [0.25, 0.3) is 0 Å². The van der Waals surface area contributed by atoms with Crippen molar-refractivity contribution < 1.29 is 9.59 Å². The van der Waals surface area contributed by atoms with Crippen LogP contribution in [0.15, 0.2) is 91.0 Å². The van der Waals surface area contributed by atoms with Crippen LogP contribution in [-0.4, -0.2) is 11.8 Å². The molecule has 0 saturated heterocycles. The number of amides is 2. The third-order valence-corrected chi connectivity index (χ3v) is 6.27. The lowest BCUT2D eigenvalue weighted by atomic mass is 10.1. The van der Waals surface area contributed by atoms with Gasteiger partial charge < -0.3 is 10.6 Å². The number of carbonyl (C=O) groups excluding carboxylic acids is 2. The maximum Gasteiger partial charge on any atom is 0.264 e. The standard InChI is InChI=1S/C27H19Cl2N3O2/c28-21-9-3-2-8-19(21)26(33)31-18-13-14-20(22(29)15-18)27(34)32-24-11-5-1-7-17(24)16-30-23-10-4-6-12-25(23)32/h1-15,30H,16H2,(H,31,33). The number of hydrogen-bond donors (Lipinski definition) is 2. The molecule has 0 radical (unpaired) electrons. The Morgan fingerprint density at radius 2 is 1.47 bits per heavy atom. The Balaban J connectivity index is 1.49. The fourth-order valence-electron chi connectivity index (χ4n) is 3.97. The molecule has 5 nitrogen and oxygen atoms in total. The van der Waals surface area contributed by atoms with E-state index in [4.69, 9.17) is 23.2 Å². The van der Waals surface area contributed by atoms with Gasteiger partial charge in [0.25, 0.3) is 11.8 Å². The van der Waals surface area contributed by atoms with Gasteiger partial charge >= 0.3 is 0 Å². The monoisotopic (exact) mass is 487 g/mol. The number of anilines is 4. The molecule has 1 heterocycles. The second-order valence-corrected chi connectivity index (χ2v) is 8.58. The topological polar surface area (TPSA) is 61.4 Å². The van der Waals surface area contributed by atoms with Gasteiger partial charge in [0.1, 0.15) is 0 Å². The zero-order valence-electron chi connectivity index (χ0n) is 17.9. The minimum Gasteiger partial charge on any atom is -0.379 e. The van der Waals surface area contributed by atoms with Crippen LogP contribution in [0, 0.1) is 0 Å². The lowest BCUT2D eigenvalue weighted by Crippen LogP contribution is -2.26. The summed E-state index contributed by atoms with van der Waals surface area (Å²) in [5.41, 5.74) is 4.51. The van der Waals surface area contributed by atoms with Crippen LogP contribution in [0.2, 0.25) is 10.0 Å². The number of nitrogens with one attached hydrogen (secondary N) is 2. The fourth-order valence-corrected chi connectivity index (χ4v) is 4.45. The predicted octanol–water partition coefficient (Wildman–Crippen LogP) is 7.15. The molecule has 2 N–H and O–H groups in total. The fraction of sp³-hybridized carbons (Fsp3) is 0.0370. The summed E-state index contributed by atoms with van der Waals surface area (Å²) < 4.78 is 0. The van der Waals surface area contributed by atoms with Crippen LogP contribution in [0.1, 0.15) is 26.3 Å². The molecule has 1 aliphatic rings. The van der Waals surface area contributed by atoms with Crippen molar-refractivity contribution in [2.45, 2.75) is 6.54 Å². The Labute approximate surface area is 206 Å². The molecular weight excluding hydrogens is 469 g/mol. The zero-order valence-corrected chi connectivity index (χ0v) is 19.4. The highest BCUT2D eigenvalue weighted by atomic mass is 35.5. The normalized spacial score (nSPS) is 12.1. The van der Waals surface area contributed by atoms with Crippen molar-refractivity contribution in [1.29, 1.82) is 0 Å². The maximum absolute atomic E-state index is 13.8. The molecule has 34 heavy (non-hydrogen) atoms. The van der Waals surface area contributed by atoms with Crippen molar-refractivity contribution in [2.75, 3.05) is 15.5 Å². The molecule has 0 spiro atoms. The van der Waals surface area contributed by atoms with Crippen LogP contribution in [-0.2, 0) is 6.54 Å². The summed E-state index contributed by atoms with van der Waals surface area (Å²) in [5, 5.41) is 6.76. The molecule has 0 bridgehead atoms. The lowest BCUT2D eigenvalue weighted by Gasteiger charge is -2.25. The molecule has 168 valence electrons. The Morgan fingerprint density at radius 3 is 2.26 bits per heavy atom. The number of carbonyl (C=O) groups is 2. The van der Waals surface area contributed by atoms with Gasteiger partial charge in [-0.05, 0) is 54.1 Å². The third kappa shape index (κ3) is 4.12. The molecule has 0 aromatic heterocycles. The first-order chi connectivity index (χ1) is 16.5. The van der Waals surface area contributed by atoms with Crippen molar-refractivity contribution in [3.63, 3.8) is 0 Å². The van der Waals surface area contributed by atoms with E-state index in [1.807, 2.05) is 48.5 Å². The highest BCUT2D eigenvalue weighted by Gasteiger charge is 2.28. The van der Waals surface area contributed by atoms with Crippen molar-refractivity contribution in [3.8, 4) is 0 Å². The summed E-state index contributed by atoms with van der Waals surface area (Å²) in [6, 6.07) is 27.0. The SMILES string of the molecule is O=C(Nc1ccc(C(=O)N2c3ccccc3CNc3ccccc32)c(Cl)c1)c1ccccc1Cl. The first-order valence-corrected chi connectivity index (χ1v) is 11.4. The summed E-state index contributed by atoms with van der Waals surface area (Å²) in [4.78, 5) is 28.1. The van der Waals surface area contributed by atoms with E-state index in [9.17, 15) is 9.59 Å². The van der Waals surface area contributed by atoms with Crippen molar-refractivity contribution in [3.05, 3.63) is 118 Å². The van der Waals surface area contributed by atoms with E-state index in [0.717, 1.165) is 22.6 Å². The number of nitrogens with zero attached hydrogens (tertiary/aromatic N) is 1. The van der Waals surface area contributed by atoms with Gasteiger partial charge in [0.15, 0.2) is 0 Å². The highest BCUT2D eigenvalue weighted by molar-refractivity contribution is 6.36.